The van der Waals surface area contributed by atoms with Crippen molar-refractivity contribution in [1.29, 1.82) is 0 Å². The maximum atomic E-state index is 12.5. The fourth-order valence-corrected chi connectivity index (χ4v) is 3.14. The fourth-order valence-electron chi connectivity index (χ4n) is 3.14. The van der Waals surface area contributed by atoms with E-state index in [2.05, 4.69) is 10.3 Å². The number of para-hydroxylation sites is 1. The molecule has 1 aromatic heterocycles. The Balaban J connectivity index is 1.51. The van der Waals surface area contributed by atoms with Crippen LogP contribution in [-0.4, -0.2) is 34.8 Å². The zero-order valence-corrected chi connectivity index (χ0v) is 14.2. The molecule has 1 fully saturated rings. The van der Waals surface area contributed by atoms with E-state index < -0.39 is 0 Å². The van der Waals surface area contributed by atoms with E-state index >= 15 is 0 Å². The average molecular weight is 337 g/mol. The molecule has 0 radical (unpaired) electrons. The first-order valence-electron chi connectivity index (χ1n) is 8.75. The van der Waals surface area contributed by atoms with Gasteiger partial charge in [0.05, 0.1) is 5.92 Å². The van der Waals surface area contributed by atoms with Crippen molar-refractivity contribution in [3.63, 3.8) is 0 Å². The smallest absolute Gasteiger partial charge is 0.229 e. The van der Waals surface area contributed by atoms with Gasteiger partial charge >= 0.3 is 0 Å². The van der Waals surface area contributed by atoms with Crippen LogP contribution in [0.2, 0.25) is 0 Å². The molecule has 130 valence electrons. The highest BCUT2D eigenvalue weighted by molar-refractivity contribution is 5.93. The van der Waals surface area contributed by atoms with Crippen molar-refractivity contribution >= 4 is 17.5 Å². The third-order valence-electron chi connectivity index (χ3n) is 4.54. The fraction of sp³-hybridized carbons (Fsp3) is 0.350. The Bertz CT molecular complexity index is 703. The monoisotopic (exact) mass is 337 g/mol. The van der Waals surface area contributed by atoms with Gasteiger partial charge in [0.2, 0.25) is 11.8 Å². The number of benzene rings is 1. The molecule has 1 aliphatic rings. The Morgan fingerprint density at radius 1 is 1.16 bits per heavy atom. The molecule has 5 heteroatoms. The van der Waals surface area contributed by atoms with Crippen LogP contribution < -0.4 is 5.32 Å². The van der Waals surface area contributed by atoms with Gasteiger partial charge in [0, 0.05) is 37.6 Å². The predicted octanol–water partition coefficient (Wildman–Crippen LogP) is 2.89. The minimum Gasteiger partial charge on any atom is -0.342 e. The lowest BCUT2D eigenvalue weighted by Crippen LogP contribution is -2.43. The van der Waals surface area contributed by atoms with Crippen LogP contribution in [0.15, 0.2) is 54.9 Å². The molecule has 2 heterocycles. The summed E-state index contributed by atoms with van der Waals surface area (Å²) >= 11 is 0. The third kappa shape index (κ3) is 4.89. The number of carbonyl (C=O) groups excluding carboxylic acids is 2. The number of anilines is 1. The van der Waals surface area contributed by atoms with Gasteiger partial charge in [0.25, 0.3) is 0 Å². The maximum absolute atomic E-state index is 12.5. The first-order valence-corrected chi connectivity index (χ1v) is 8.75. The largest absolute Gasteiger partial charge is 0.342 e. The SMILES string of the molecule is O=C(Nc1ccccc1)C1CCCN(C(=O)CCc2cccnc2)C1. The molecule has 2 amide bonds. The highest BCUT2D eigenvalue weighted by Crippen LogP contribution is 2.20. The number of aryl methyl sites for hydroxylation is 1. The molecule has 3 rings (SSSR count). The van der Waals surface area contributed by atoms with Crippen molar-refractivity contribution in [3.05, 3.63) is 60.4 Å². The summed E-state index contributed by atoms with van der Waals surface area (Å²) in [5, 5.41) is 2.94. The van der Waals surface area contributed by atoms with Gasteiger partial charge in [-0.3, -0.25) is 14.6 Å². The number of hydrogen-bond acceptors (Lipinski definition) is 3. The minimum absolute atomic E-state index is 0.00374. The second-order valence-electron chi connectivity index (χ2n) is 6.40. The van der Waals surface area contributed by atoms with Crippen molar-refractivity contribution in [2.24, 2.45) is 5.92 Å². The van der Waals surface area contributed by atoms with Crippen molar-refractivity contribution in [2.45, 2.75) is 25.7 Å². The van der Waals surface area contributed by atoms with Crippen molar-refractivity contribution in [3.8, 4) is 0 Å². The molecule has 1 aromatic carbocycles. The topological polar surface area (TPSA) is 62.3 Å². The summed E-state index contributed by atoms with van der Waals surface area (Å²) < 4.78 is 0. The van der Waals surface area contributed by atoms with E-state index in [4.69, 9.17) is 0 Å². The first kappa shape index (κ1) is 17.1. The Kier molecular flexibility index (Phi) is 5.77. The standard InChI is InChI=1S/C20H23N3O2/c24-19(11-10-16-6-4-12-21-14-16)23-13-5-7-17(15-23)20(25)22-18-8-2-1-3-9-18/h1-4,6,8-9,12,14,17H,5,7,10-11,13,15H2,(H,22,25). The normalized spacial score (nSPS) is 17.1. The number of pyridine rings is 1. The highest BCUT2D eigenvalue weighted by atomic mass is 16.2. The van der Waals surface area contributed by atoms with Crippen LogP contribution in [-0.2, 0) is 16.0 Å². The molecule has 1 aliphatic heterocycles. The summed E-state index contributed by atoms with van der Waals surface area (Å²) in [5.74, 6) is -0.0340. The van der Waals surface area contributed by atoms with Crippen molar-refractivity contribution < 1.29 is 9.59 Å². The highest BCUT2D eigenvalue weighted by Gasteiger charge is 2.28. The molecule has 0 saturated carbocycles. The molecule has 2 aromatic rings. The Hall–Kier alpha value is -2.69. The molecule has 0 aliphatic carbocycles. The average Bonchev–Trinajstić information content (AvgIpc) is 2.68. The molecule has 0 bridgehead atoms. The Labute approximate surface area is 148 Å². The third-order valence-corrected chi connectivity index (χ3v) is 4.54. The number of piperidine rings is 1. The lowest BCUT2D eigenvalue weighted by atomic mass is 9.96. The summed E-state index contributed by atoms with van der Waals surface area (Å²) in [6, 6.07) is 13.3. The van der Waals surface area contributed by atoms with E-state index in [0.717, 1.165) is 30.6 Å². The van der Waals surface area contributed by atoms with Crippen LogP contribution in [0.1, 0.15) is 24.8 Å². The van der Waals surface area contributed by atoms with E-state index in [0.29, 0.717) is 19.4 Å². The van der Waals surface area contributed by atoms with Crippen molar-refractivity contribution in [1.82, 2.24) is 9.88 Å². The molecule has 25 heavy (non-hydrogen) atoms. The van der Waals surface area contributed by atoms with Gasteiger partial charge in [-0.2, -0.15) is 0 Å². The Morgan fingerprint density at radius 3 is 2.76 bits per heavy atom. The van der Waals surface area contributed by atoms with Crippen LogP contribution in [0.3, 0.4) is 0 Å². The summed E-state index contributed by atoms with van der Waals surface area (Å²) in [4.78, 5) is 30.8. The van der Waals surface area contributed by atoms with E-state index in [-0.39, 0.29) is 17.7 Å². The summed E-state index contributed by atoms with van der Waals surface area (Å²) in [5.41, 5.74) is 1.86. The number of rotatable bonds is 5. The minimum atomic E-state index is -0.142. The van der Waals surface area contributed by atoms with Gasteiger partial charge in [0.1, 0.15) is 0 Å². The molecule has 5 nitrogen and oxygen atoms in total. The van der Waals surface area contributed by atoms with E-state index in [1.807, 2.05) is 47.4 Å². The Morgan fingerprint density at radius 2 is 2.00 bits per heavy atom. The van der Waals surface area contributed by atoms with Crippen LogP contribution in [0.5, 0.6) is 0 Å². The number of aromatic nitrogens is 1. The number of hydrogen-bond donors (Lipinski definition) is 1. The number of amides is 2. The maximum Gasteiger partial charge on any atom is 0.229 e. The van der Waals surface area contributed by atoms with E-state index in [1.165, 1.54) is 0 Å². The van der Waals surface area contributed by atoms with Gasteiger partial charge in [0.15, 0.2) is 0 Å². The molecular formula is C20H23N3O2. The van der Waals surface area contributed by atoms with Gasteiger partial charge in [-0.05, 0) is 43.0 Å². The van der Waals surface area contributed by atoms with Crippen LogP contribution in [0.25, 0.3) is 0 Å². The number of likely N-dealkylation sites (tertiary alicyclic amines) is 1. The molecule has 1 atom stereocenters. The second kappa shape index (κ2) is 8.42. The molecular weight excluding hydrogens is 314 g/mol. The van der Waals surface area contributed by atoms with Crippen LogP contribution >= 0.6 is 0 Å². The van der Waals surface area contributed by atoms with Gasteiger partial charge in [-0.1, -0.05) is 24.3 Å². The van der Waals surface area contributed by atoms with Crippen LogP contribution in [0, 0.1) is 5.92 Å². The number of carbonyl (C=O) groups is 2. The van der Waals surface area contributed by atoms with E-state index in [9.17, 15) is 9.59 Å². The van der Waals surface area contributed by atoms with Gasteiger partial charge < -0.3 is 10.2 Å². The summed E-state index contributed by atoms with van der Waals surface area (Å²) in [6.45, 7) is 1.24. The van der Waals surface area contributed by atoms with Gasteiger partial charge in [-0.15, -0.1) is 0 Å². The molecule has 1 N–H and O–H groups in total. The zero-order valence-electron chi connectivity index (χ0n) is 14.2. The summed E-state index contributed by atoms with van der Waals surface area (Å²) in [7, 11) is 0. The quantitative estimate of drug-likeness (QED) is 0.912. The lowest BCUT2D eigenvalue weighted by Gasteiger charge is -2.32. The molecule has 1 unspecified atom stereocenters. The predicted molar refractivity (Wildman–Crippen MR) is 96.9 cm³/mol. The summed E-state index contributed by atoms with van der Waals surface area (Å²) in [6.07, 6.45) is 6.35. The van der Waals surface area contributed by atoms with E-state index in [1.54, 1.807) is 12.4 Å². The first-order chi connectivity index (χ1) is 12.2. The number of nitrogens with zero attached hydrogens (tertiary/aromatic N) is 2. The molecule has 1 saturated heterocycles. The molecule has 0 spiro atoms. The van der Waals surface area contributed by atoms with Gasteiger partial charge in [-0.25, -0.2) is 0 Å². The lowest BCUT2D eigenvalue weighted by molar-refractivity contribution is -0.134. The zero-order chi connectivity index (χ0) is 17.5. The van der Waals surface area contributed by atoms with Crippen LogP contribution in [0.4, 0.5) is 5.69 Å². The number of nitrogens with one attached hydrogen (secondary N) is 1. The second-order valence-corrected chi connectivity index (χ2v) is 6.40. The van der Waals surface area contributed by atoms with Crippen molar-refractivity contribution in [2.75, 3.05) is 18.4 Å².